The molecule has 1 fully saturated rings. The van der Waals surface area contributed by atoms with Gasteiger partial charge in [0.05, 0.1) is 32.3 Å². The van der Waals surface area contributed by atoms with E-state index >= 15 is 0 Å². The van der Waals surface area contributed by atoms with Crippen molar-refractivity contribution in [2.45, 2.75) is 32.2 Å². The first-order chi connectivity index (χ1) is 14.9. The molecule has 0 radical (unpaired) electrons. The highest BCUT2D eigenvalue weighted by Gasteiger charge is 2.44. The molecule has 0 spiro atoms. The van der Waals surface area contributed by atoms with Gasteiger partial charge in [-0.25, -0.2) is 14.1 Å². The lowest BCUT2D eigenvalue weighted by Gasteiger charge is -2.34. The zero-order chi connectivity index (χ0) is 21.8. The van der Waals surface area contributed by atoms with Crippen LogP contribution in [0.3, 0.4) is 0 Å². The lowest BCUT2D eigenvalue weighted by atomic mass is 9.96. The van der Waals surface area contributed by atoms with Crippen LogP contribution in [-0.2, 0) is 5.54 Å². The van der Waals surface area contributed by atoms with Crippen molar-refractivity contribution in [3.05, 3.63) is 76.0 Å². The Morgan fingerprint density at radius 1 is 1.29 bits per heavy atom. The normalized spacial score (nSPS) is 18.8. The second-order valence-electron chi connectivity index (χ2n) is 8.17. The number of aromatic amines is 1. The van der Waals surface area contributed by atoms with E-state index in [1.54, 1.807) is 16.9 Å². The summed E-state index contributed by atoms with van der Waals surface area (Å²) in [5, 5.41) is 4.31. The Balaban J connectivity index is 1.58. The molecule has 6 nitrogen and oxygen atoms in total. The number of carbonyl (C=O) groups excluding carboxylic acids is 1. The minimum absolute atomic E-state index is 0.0676. The molecule has 1 amide bonds. The highest BCUT2D eigenvalue weighted by molar-refractivity contribution is 9.10. The number of carbonyl (C=O) groups is 1. The third-order valence-electron chi connectivity index (χ3n) is 6.05. The number of nitrogens with zero attached hydrogens (tertiary/aromatic N) is 4. The Kier molecular flexibility index (Phi) is 4.69. The number of halogens is 2. The molecule has 2 aromatic heterocycles. The summed E-state index contributed by atoms with van der Waals surface area (Å²) in [6.07, 6.45) is 5.15. The molecule has 1 saturated heterocycles. The van der Waals surface area contributed by atoms with E-state index in [2.05, 4.69) is 26.0 Å². The maximum atomic E-state index is 14.0. The van der Waals surface area contributed by atoms with Crippen LogP contribution in [-0.4, -0.2) is 37.1 Å². The van der Waals surface area contributed by atoms with Gasteiger partial charge in [0, 0.05) is 25.0 Å². The molecular weight excluding hydrogens is 461 g/mol. The first-order valence-corrected chi connectivity index (χ1v) is 10.9. The predicted octanol–water partition coefficient (Wildman–Crippen LogP) is 5.11. The molecule has 1 atom stereocenters. The van der Waals surface area contributed by atoms with E-state index < -0.39 is 5.54 Å². The van der Waals surface area contributed by atoms with Gasteiger partial charge in [0.25, 0.3) is 5.91 Å². The number of aryl methyl sites for hydroxylation is 1. The molecule has 158 valence electrons. The number of benzene rings is 2. The molecule has 4 aromatic rings. The van der Waals surface area contributed by atoms with Crippen molar-refractivity contribution in [1.82, 2.24) is 24.6 Å². The van der Waals surface area contributed by atoms with Crippen LogP contribution in [0, 0.1) is 12.7 Å². The average Bonchev–Trinajstić information content (AvgIpc) is 3.48. The summed E-state index contributed by atoms with van der Waals surface area (Å²) in [7, 11) is 0. The van der Waals surface area contributed by atoms with Gasteiger partial charge in [-0.15, -0.1) is 0 Å². The van der Waals surface area contributed by atoms with E-state index in [-0.39, 0.29) is 11.7 Å². The van der Waals surface area contributed by atoms with Gasteiger partial charge in [-0.3, -0.25) is 4.79 Å². The van der Waals surface area contributed by atoms with Gasteiger partial charge < -0.3 is 9.88 Å². The smallest absolute Gasteiger partial charge is 0.256 e. The Bertz CT molecular complexity index is 1260. The van der Waals surface area contributed by atoms with E-state index in [9.17, 15) is 9.18 Å². The number of likely N-dealkylation sites (tertiary alicyclic amines) is 1. The van der Waals surface area contributed by atoms with Gasteiger partial charge >= 0.3 is 0 Å². The zero-order valence-electron chi connectivity index (χ0n) is 17.2. The van der Waals surface area contributed by atoms with E-state index in [0.29, 0.717) is 33.4 Å². The minimum Gasteiger partial charge on any atom is -0.340 e. The van der Waals surface area contributed by atoms with Crippen molar-refractivity contribution in [1.29, 1.82) is 0 Å². The zero-order valence-corrected chi connectivity index (χ0v) is 18.8. The van der Waals surface area contributed by atoms with Crippen molar-refractivity contribution < 1.29 is 9.18 Å². The fraction of sp³-hybridized carbons (Fsp3) is 0.261. The number of hydrogen-bond acceptors (Lipinski definition) is 3. The van der Waals surface area contributed by atoms with Crippen LogP contribution in [0.5, 0.6) is 0 Å². The van der Waals surface area contributed by atoms with Crippen LogP contribution in [0.2, 0.25) is 0 Å². The number of imidazole rings is 1. The summed E-state index contributed by atoms with van der Waals surface area (Å²) >= 11 is 3.22. The van der Waals surface area contributed by atoms with Crippen molar-refractivity contribution in [2.24, 2.45) is 0 Å². The van der Waals surface area contributed by atoms with Crippen LogP contribution in [0.1, 0.15) is 41.5 Å². The van der Waals surface area contributed by atoms with Crippen molar-refractivity contribution in [3.8, 4) is 5.69 Å². The van der Waals surface area contributed by atoms with Gasteiger partial charge in [-0.05, 0) is 66.9 Å². The Morgan fingerprint density at radius 2 is 2.13 bits per heavy atom. The summed E-state index contributed by atoms with van der Waals surface area (Å²) in [6, 6.07) is 10.7. The molecule has 1 aliphatic rings. The van der Waals surface area contributed by atoms with Gasteiger partial charge in [0.1, 0.15) is 11.6 Å². The van der Waals surface area contributed by atoms with Gasteiger partial charge in [0.15, 0.2) is 0 Å². The second-order valence-corrected chi connectivity index (χ2v) is 9.03. The van der Waals surface area contributed by atoms with Crippen molar-refractivity contribution in [3.63, 3.8) is 0 Å². The van der Waals surface area contributed by atoms with E-state index in [0.717, 1.165) is 24.1 Å². The predicted molar refractivity (Wildman–Crippen MR) is 120 cm³/mol. The molecule has 0 saturated carbocycles. The third kappa shape index (κ3) is 3.26. The van der Waals surface area contributed by atoms with Gasteiger partial charge in [-0.1, -0.05) is 11.6 Å². The minimum atomic E-state index is -0.621. The maximum Gasteiger partial charge on any atom is 0.256 e. The van der Waals surface area contributed by atoms with Crippen LogP contribution >= 0.6 is 15.9 Å². The molecule has 2 aromatic carbocycles. The topological polar surface area (TPSA) is 66.8 Å². The van der Waals surface area contributed by atoms with Crippen LogP contribution in [0.25, 0.3) is 16.7 Å². The lowest BCUT2D eigenvalue weighted by Crippen LogP contribution is -2.44. The van der Waals surface area contributed by atoms with Gasteiger partial charge in [0.2, 0.25) is 0 Å². The van der Waals surface area contributed by atoms with Gasteiger partial charge in [-0.2, -0.15) is 5.10 Å². The molecule has 1 aliphatic heterocycles. The molecule has 8 heteroatoms. The van der Waals surface area contributed by atoms with E-state index in [4.69, 9.17) is 4.98 Å². The molecule has 0 aliphatic carbocycles. The monoisotopic (exact) mass is 481 g/mol. The van der Waals surface area contributed by atoms with Crippen molar-refractivity contribution in [2.75, 3.05) is 6.54 Å². The molecule has 31 heavy (non-hydrogen) atoms. The summed E-state index contributed by atoms with van der Waals surface area (Å²) in [5.41, 5.74) is 3.00. The van der Waals surface area contributed by atoms with Crippen molar-refractivity contribution >= 4 is 32.9 Å². The number of nitrogens with one attached hydrogen (secondary N) is 1. The molecule has 1 N–H and O–H groups in total. The Morgan fingerprint density at radius 3 is 2.90 bits per heavy atom. The molecule has 5 rings (SSSR count). The Labute approximate surface area is 187 Å². The molecule has 3 heterocycles. The first kappa shape index (κ1) is 19.9. The first-order valence-electron chi connectivity index (χ1n) is 10.1. The summed E-state index contributed by atoms with van der Waals surface area (Å²) < 4.78 is 16.1. The fourth-order valence-corrected chi connectivity index (χ4v) is 4.70. The number of amides is 1. The third-order valence-corrected chi connectivity index (χ3v) is 6.66. The lowest BCUT2D eigenvalue weighted by molar-refractivity contribution is 0.0605. The summed E-state index contributed by atoms with van der Waals surface area (Å²) in [6.45, 7) is 4.61. The number of hydrogen-bond donors (Lipinski definition) is 1. The standard InChI is InChI=1S/C23H21BrFN5O/c1-14-5-6-20(30-10-4-8-26-30)15(11-14)21(31)29-9-3-7-23(29,2)22-27-18-12-16(24)17(25)13-19(18)28-22/h4-6,8,10-13H,3,7,9H2,1-2H3,(H,27,28)/t23-/m0/s1. The van der Waals surface area contributed by atoms with Crippen LogP contribution in [0.4, 0.5) is 4.39 Å². The van der Waals surface area contributed by atoms with E-state index in [1.165, 1.54) is 6.07 Å². The number of aromatic nitrogens is 4. The largest absolute Gasteiger partial charge is 0.340 e. The van der Waals surface area contributed by atoms with Crippen LogP contribution < -0.4 is 0 Å². The van der Waals surface area contributed by atoms with E-state index in [1.807, 2.05) is 49.2 Å². The summed E-state index contributed by atoms with van der Waals surface area (Å²) in [4.78, 5) is 23.6. The number of rotatable bonds is 3. The second kappa shape index (κ2) is 7.30. The molecule has 0 unspecified atom stereocenters. The van der Waals surface area contributed by atoms with Crippen LogP contribution in [0.15, 0.2) is 53.3 Å². The quantitative estimate of drug-likeness (QED) is 0.442. The highest BCUT2D eigenvalue weighted by atomic mass is 79.9. The highest BCUT2D eigenvalue weighted by Crippen LogP contribution is 2.39. The molecular formula is C23H21BrFN5O. The summed E-state index contributed by atoms with van der Waals surface area (Å²) in [5.74, 6) is 0.247. The Hall–Kier alpha value is -3.00. The SMILES string of the molecule is Cc1ccc(-n2cccn2)c(C(=O)N2CCC[C@@]2(C)c2nc3cc(Br)c(F)cc3[nH]2)c1. The number of H-pyrrole nitrogens is 1. The fourth-order valence-electron chi connectivity index (χ4n) is 4.37. The average molecular weight is 482 g/mol. The maximum absolute atomic E-state index is 14.0. The molecule has 0 bridgehead atoms. The number of fused-ring (bicyclic) bond motifs is 1.